The number of hydrogen-bond acceptors (Lipinski definition) is 3. The van der Waals surface area contributed by atoms with Gasteiger partial charge in [0.1, 0.15) is 0 Å². The van der Waals surface area contributed by atoms with Crippen LogP contribution in [0.4, 0.5) is 0 Å². The SMILES string of the molecule is CCCNC(CC(=O)O)c1ccc(Cl)c2cccnc12. The highest BCUT2D eigenvalue weighted by molar-refractivity contribution is 6.35. The molecule has 1 aromatic carbocycles. The first-order valence-electron chi connectivity index (χ1n) is 6.61. The van der Waals surface area contributed by atoms with Crippen LogP contribution >= 0.6 is 11.6 Å². The molecule has 0 amide bonds. The van der Waals surface area contributed by atoms with E-state index in [1.165, 1.54) is 0 Å². The predicted molar refractivity (Wildman–Crippen MR) is 80.0 cm³/mol. The van der Waals surface area contributed by atoms with Gasteiger partial charge in [0, 0.05) is 22.6 Å². The summed E-state index contributed by atoms with van der Waals surface area (Å²) in [5.41, 5.74) is 1.63. The van der Waals surface area contributed by atoms with Crippen LogP contribution < -0.4 is 5.32 Å². The highest BCUT2D eigenvalue weighted by atomic mass is 35.5. The largest absolute Gasteiger partial charge is 0.481 e. The van der Waals surface area contributed by atoms with E-state index in [9.17, 15) is 4.79 Å². The van der Waals surface area contributed by atoms with E-state index in [0.29, 0.717) is 5.02 Å². The number of benzene rings is 1. The third-order valence-electron chi connectivity index (χ3n) is 3.14. The minimum absolute atomic E-state index is 0.0211. The molecule has 0 aliphatic carbocycles. The van der Waals surface area contributed by atoms with E-state index in [1.54, 1.807) is 12.3 Å². The van der Waals surface area contributed by atoms with Crippen molar-refractivity contribution in [2.45, 2.75) is 25.8 Å². The fraction of sp³-hybridized carbons (Fsp3) is 0.333. The molecule has 1 aromatic heterocycles. The van der Waals surface area contributed by atoms with Crippen molar-refractivity contribution in [2.24, 2.45) is 0 Å². The van der Waals surface area contributed by atoms with Crippen LogP contribution in [0.5, 0.6) is 0 Å². The number of halogens is 1. The Morgan fingerprint density at radius 3 is 2.95 bits per heavy atom. The van der Waals surface area contributed by atoms with Crippen molar-refractivity contribution in [2.75, 3.05) is 6.54 Å². The molecule has 0 aliphatic rings. The lowest BCUT2D eigenvalue weighted by molar-refractivity contribution is -0.137. The standard InChI is InChI=1S/C15H17ClN2O2/c1-2-7-17-13(9-14(19)20)11-5-6-12(16)10-4-3-8-18-15(10)11/h3-6,8,13,17H,2,7,9H2,1H3,(H,19,20). The number of hydrogen-bond donors (Lipinski definition) is 2. The van der Waals surface area contributed by atoms with Gasteiger partial charge >= 0.3 is 5.97 Å². The topological polar surface area (TPSA) is 62.2 Å². The van der Waals surface area contributed by atoms with Crippen molar-refractivity contribution in [1.29, 1.82) is 0 Å². The van der Waals surface area contributed by atoms with Crippen LogP contribution in [0.2, 0.25) is 5.02 Å². The van der Waals surface area contributed by atoms with Gasteiger partial charge in [-0.3, -0.25) is 9.78 Å². The van der Waals surface area contributed by atoms with Crippen LogP contribution in [0.25, 0.3) is 10.9 Å². The highest BCUT2D eigenvalue weighted by Gasteiger charge is 2.18. The number of pyridine rings is 1. The molecule has 0 aliphatic heterocycles. The molecule has 0 radical (unpaired) electrons. The third kappa shape index (κ3) is 3.26. The third-order valence-corrected chi connectivity index (χ3v) is 3.47. The number of carboxylic acid groups (broad SMARTS) is 1. The maximum Gasteiger partial charge on any atom is 0.305 e. The fourth-order valence-corrected chi connectivity index (χ4v) is 2.44. The Bertz CT molecular complexity index is 616. The van der Waals surface area contributed by atoms with Crippen molar-refractivity contribution in [3.05, 3.63) is 41.0 Å². The van der Waals surface area contributed by atoms with Crippen molar-refractivity contribution < 1.29 is 9.90 Å². The first kappa shape index (κ1) is 14.8. The zero-order valence-corrected chi connectivity index (χ0v) is 12.0. The predicted octanol–water partition coefficient (Wildman–Crippen LogP) is 3.40. The normalized spacial score (nSPS) is 12.5. The van der Waals surface area contributed by atoms with E-state index in [2.05, 4.69) is 10.3 Å². The molecule has 2 rings (SSSR count). The maximum atomic E-state index is 11.1. The summed E-state index contributed by atoms with van der Waals surface area (Å²) in [4.78, 5) is 15.4. The molecule has 0 fully saturated rings. The molecule has 2 aromatic rings. The van der Waals surface area contributed by atoms with Crippen LogP contribution in [-0.4, -0.2) is 22.6 Å². The number of carbonyl (C=O) groups is 1. The van der Waals surface area contributed by atoms with Gasteiger partial charge in [0.15, 0.2) is 0 Å². The summed E-state index contributed by atoms with van der Waals surface area (Å²) in [6.07, 6.45) is 2.65. The van der Waals surface area contributed by atoms with Crippen molar-refractivity contribution in [1.82, 2.24) is 10.3 Å². The number of nitrogens with one attached hydrogen (secondary N) is 1. The molecule has 20 heavy (non-hydrogen) atoms. The van der Waals surface area contributed by atoms with Crippen LogP contribution in [0.3, 0.4) is 0 Å². The van der Waals surface area contributed by atoms with Crippen LogP contribution in [0.15, 0.2) is 30.5 Å². The van der Waals surface area contributed by atoms with E-state index in [1.807, 2.05) is 25.1 Å². The van der Waals surface area contributed by atoms with E-state index in [-0.39, 0.29) is 12.5 Å². The molecule has 4 nitrogen and oxygen atoms in total. The van der Waals surface area contributed by atoms with Gasteiger partial charge < -0.3 is 10.4 Å². The van der Waals surface area contributed by atoms with Gasteiger partial charge in [-0.1, -0.05) is 24.6 Å². The second-order valence-electron chi connectivity index (χ2n) is 4.64. The summed E-state index contributed by atoms with van der Waals surface area (Å²) in [5, 5.41) is 13.8. The van der Waals surface area contributed by atoms with Gasteiger partial charge in [0.05, 0.1) is 11.9 Å². The Morgan fingerprint density at radius 2 is 2.25 bits per heavy atom. The average molecular weight is 293 g/mol. The molecular formula is C15H17ClN2O2. The molecule has 0 spiro atoms. The summed E-state index contributed by atoms with van der Waals surface area (Å²) < 4.78 is 0. The number of aliphatic carboxylic acids is 1. The van der Waals surface area contributed by atoms with Gasteiger partial charge in [-0.2, -0.15) is 0 Å². The van der Waals surface area contributed by atoms with Crippen LogP contribution in [0, 0.1) is 0 Å². The molecule has 1 heterocycles. The Hall–Kier alpha value is -1.65. The highest BCUT2D eigenvalue weighted by Crippen LogP contribution is 2.29. The van der Waals surface area contributed by atoms with Crippen molar-refractivity contribution >= 4 is 28.5 Å². The molecule has 2 N–H and O–H groups in total. The summed E-state index contributed by atoms with van der Waals surface area (Å²) >= 11 is 6.17. The summed E-state index contributed by atoms with van der Waals surface area (Å²) in [5.74, 6) is -0.836. The van der Waals surface area contributed by atoms with Gasteiger partial charge in [-0.05, 0) is 36.7 Å². The molecule has 0 saturated heterocycles. The second kappa shape index (κ2) is 6.68. The lowest BCUT2D eigenvalue weighted by Crippen LogP contribution is -2.25. The van der Waals surface area contributed by atoms with Crippen LogP contribution in [-0.2, 0) is 4.79 Å². The van der Waals surface area contributed by atoms with E-state index in [0.717, 1.165) is 29.4 Å². The number of aromatic nitrogens is 1. The quantitative estimate of drug-likeness (QED) is 0.856. The minimum Gasteiger partial charge on any atom is -0.481 e. The molecule has 0 bridgehead atoms. The average Bonchev–Trinajstić information content (AvgIpc) is 2.44. The molecule has 1 atom stereocenters. The van der Waals surface area contributed by atoms with E-state index < -0.39 is 5.97 Å². The lowest BCUT2D eigenvalue weighted by atomic mass is 10.00. The Labute approximate surface area is 122 Å². The number of carboxylic acids is 1. The smallest absolute Gasteiger partial charge is 0.305 e. The van der Waals surface area contributed by atoms with E-state index >= 15 is 0 Å². The number of rotatable bonds is 6. The van der Waals surface area contributed by atoms with Gasteiger partial charge in [0.2, 0.25) is 0 Å². The Balaban J connectivity index is 2.46. The Kier molecular flexibility index (Phi) is 4.93. The molecule has 0 saturated carbocycles. The van der Waals surface area contributed by atoms with Crippen molar-refractivity contribution in [3.63, 3.8) is 0 Å². The summed E-state index contributed by atoms with van der Waals surface area (Å²) in [6, 6.07) is 7.11. The van der Waals surface area contributed by atoms with Gasteiger partial charge in [0.25, 0.3) is 0 Å². The number of nitrogens with zero attached hydrogens (tertiary/aromatic N) is 1. The lowest BCUT2D eigenvalue weighted by Gasteiger charge is -2.18. The first-order chi connectivity index (χ1) is 9.63. The van der Waals surface area contributed by atoms with Gasteiger partial charge in [-0.15, -0.1) is 0 Å². The van der Waals surface area contributed by atoms with Gasteiger partial charge in [-0.25, -0.2) is 0 Å². The zero-order chi connectivity index (χ0) is 14.5. The fourth-order valence-electron chi connectivity index (χ4n) is 2.23. The second-order valence-corrected chi connectivity index (χ2v) is 5.05. The molecule has 5 heteroatoms. The first-order valence-corrected chi connectivity index (χ1v) is 6.99. The summed E-state index contributed by atoms with van der Waals surface area (Å²) in [6.45, 7) is 2.80. The Morgan fingerprint density at radius 1 is 1.45 bits per heavy atom. The molecule has 1 unspecified atom stereocenters. The monoisotopic (exact) mass is 292 g/mol. The summed E-state index contributed by atoms with van der Waals surface area (Å²) in [7, 11) is 0. The number of fused-ring (bicyclic) bond motifs is 1. The molecule has 106 valence electrons. The van der Waals surface area contributed by atoms with Crippen molar-refractivity contribution in [3.8, 4) is 0 Å². The van der Waals surface area contributed by atoms with E-state index in [4.69, 9.17) is 16.7 Å². The zero-order valence-electron chi connectivity index (χ0n) is 11.3. The maximum absolute atomic E-state index is 11.1. The minimum atomic E-state index is -0.836. The molecular weight excluding hydrogens is 276 g/mol. The van der Waals surface area contributed by atoms with Crippen LogP contribution in [0.1, 0.15) is 31.4 Å².